The molecule has 3 aliphatic rings. The van der Waals surface area contributed by atoms with Gasteiger partial charge in [0.15, 0.2) is 0 Å². The second-order valence-electron chi connectivity index (χ2n) is 8.59. The summed E-state index contributed by atoms with van der Waals surface area (Å²) >= 11 is 0. The molecule has 1 unspecified atom stereocenters. The largest absolute Gasteiger partial charge is 0.365 e. The van der Waals surface area contributed by atoms with Gasteiger partial charge in [-0.25, -0.2) is 9.48 Å². The van der Waals surface area contributed by atoms with Crippen molar-refractivity contribution in [3.63, 3.8) is 0 Å². The number of rotatable bonds is 4. The highest BCUT2D eigenvalue weighted by Gasteiger charge is 2.45. The Balaban J connectivity index is 1.35. The first-order valence-electron chi connectivity index (χ1n) is 10.3. The third kappa shape index (κ3) is 3.85. The summed E-state index contributed by atoms with van der Waals surface area (Å²) in [7, 11) is 0. The zero-order valence-electron chi connectivity index (χ0n) is 16.7. The molecule has 9 heteroatoms. The van der Waals surface area contributed by atoms with Gasteiger partial charge < -0.3 is 20.3 Å². The third-order valence-electron chi connectivity index (χ3n) is 6.11. The number of aromatic nitrogens is 3. The summed E-state index contributed by atoms with van der Waals surface area (Å²) in [6.45, 7) is 6.33. The number of nitrogens with one attached hydrogen (secondary N) is 2. The third-order valence-corrected chi connectivity index (χ3v) is 6.11. The maximum Gasteiger partial charge on any atom is 0.317 e. The van der Waals surface area contributed by atoms with Gasteiger partial charge in [-0.05, 0) is 19.3 Å². The molecule has 1 atom stereocenters. The van der Waals surface area contributed by atoms with Crippen molar-refractivity contribution in [3.05, 3.63) is 11.4 Å². The average Bonchev–Trinajstić information content (AvgIpc) is 3.40. The number of hydrogen-bond acceptors (Lipinski definition) is 5. The second kappa shape index (κ2) is 7.69. The lowest BCUT2D eigenvalue weighted by atomic mass is 10.0. The topological polar surface area (TPSA) is 101 Å². The number of carbonyl (C=O) groups is 2. The number of ether oxygens (including phenoxy) is 1. The van der Waals surface area contributed by atoms with Crippen LogP contribution in [0.1, 0.15) is 57.3 Å². The highest BCUT2D eigenvalue weighted by Crippen LogP contribution is 2.33. The summed E-state index contributed by atoms with van der Waals surface area (Å²) in [5.41, 5.74) is 1.26. The van der Waals surface area contributed by atoms with Gasteiger partial charge in [-0.2, -0.15) is 0 Å². The summed E-state index contributed by atoms with van der Waals surface area (Å²) in [4.78, 5) is 26.2. The van der Waals surface area contributed by atoms with Gasteiger partial charge in [0.25, 0.3) is 0 Å². The van der Waals surface area contributed by atoms with Crippen LogP contribution >= 0.6 is 0 Å². The fraction of sp³-hybridized carbons (Fsp3) is 0.789. The van der Waals surface area contributed by atoms with E-state index in [4.69, 9.17) is 4.74 Å². The Labute approximate surface area is 165 Å². The van der Waals surface area contributed by atoms with Crippen LogP contribution < -0.4 is 10.6 Å². The number of urea groups is 1. The predicted molar refractivity (Wildman–Crippen MR) is 101 cm³/mol. The van der Waals surface area contributed by atoms with Crippen LogP contribution in [0.5, 0.6) is 0 Å². The van der Waals surface area contributed by atoms with E-state index in [2.05, 4.69) is 20.9 Å². The summed E-state index contributed by atoms with van der Waals surface area (Å²) in [5.74, 6) is -0.0690. The first-order chi connectivity index (χ1) is 13.5. The molecule has 2 N–H and O–H groups in total. The molecule has 4 rings (SSSR count). The van der Waals surface area contributed by atoms with Crippen molar-refractivity contribution in [3.8, 4) is 0 Å². The number of likely N-dealkylation sites (tertiary alicyclic amines) is 1. The van der Waals surface area contributed by atoms with Gasteiger partial charge in [0, 0.05) is 18.5 Å². The molecular formula is C19H30N6O3. The van der Waals surface area contributed by atoms with Crippen LogP contribution in [0.25, 0.3) is 0 Å². The van der Waals surface area contributed by atoms with Crippen LogP contribution in [-0.2, 0) is 29.2 Å². The molecule has 1 aromatic rings. The van der Waals surface area contributed by atoms with Gasteiger partial charge >= 0.3 is 6.03 Å². The quantitative estimate of drug-likeness (QED) is 0.804. The first kappa shape index (κ1) is 19.2. The highest BCUT2D eigenvalue weighted by molar-refractivity contribution is 5.77. The monoisotopic (exact) mass is 390 g/mol. The Morgan fingerprint density at radius 2 is 2.07 bits per heavy atom. The van der Waals surface area contributed by atoms with E-state index in [9.17, 15) is 9.59 Å². The molecule has 1 spiro atoms. The molecule has 0 radical (unpaired) electrons. The number of nitrogens with zero attached hydrogens (tertiary/aromatic N) is 4. The predicted octanol–water partition coefficient (Wildman–Crippen LogP) is 1.18. The van der Waals surface area contributed by atoms with E-state index in [-0.39, 0.29) is 17.9 Å². The minimum Gasteiger partial charge on any atom is -0.365 e. The van der Waals surface area contributed by atoms with Gasteiger partial charge in [-0.1, -0.05) is 31.9 Å². The van der Waals surface area contributed by atoms with E-state index in [0.717, 1.165) is 30.7 Å². The van der Waals surface area contributed by atoms with E-state index in [1.54, 1.807) is 0 Å². The minimum atomic E-state index is -0.397. The molecule has 154 valence electrons. The highest BCUT2D eigenvalue weighted by atomic mass is 16.5. The lowest BCUT2D eigenvalue weighted by Gasteiger charge is -2.34. The molecule has 0 aromatic carbocycles. The molecule has 28 heavy (non-hydrogen) atoms. The number of carbonyl (C=O) groups excluding carboxylic acids is 2. The van der Waals surface area contributed by atoms with Crippen LogP contribution in [0.4, 0.5) is 4.79 Å². The Morgan fingerprint density at radius 3 is 2.82 bits per heavy atom. The van der Waals surface area contributed by atoms with Crippen molar-refractivity contribution >= 4 is 11.9 Å². The SMILES string of the molecule is CC(C)C(=O)NCc1nnn2c1COC1(CCN(C(=O)NC3CCCC3)C1)C2. The van der Waals surface area contributed by atoms with Gasteiger partial charge in [0.2, 0.25) is 5.91 Å². The van der Waals surface area contributed by atoms with E-state index in [0.29, 0.717) is 38.8 Å². The van der Waals surface area contributed by atoms with Crippen LogP contribution in [0, 0.1) is 5.92 Å². The Bertz CT molecular complexity index is 742. The maximum atomic E-state index is 12.6. The zero-order chi connectivity index (χ0) is 19.7. The fourth-order valence-corrected chi connectivity index (χ4v) is 4.31. The summed E-state index contributed by atoms with van der Waals surface area (Å²) in [5, 5.41) is 14.5. The van der Waals surface area contributed by atoms with Crippen molar-refractivity contribution in [2.45, 2.75) is 77.3 Å². The van der Waals surface area contributed by atoms with Crippen molar-refractivity contribution in [1.82, 2.24) is 30.5 Å². The standard InChI is InChI=1S/C19H30N6O3/c1-13(2)17(26)20-9-15-16-10-28-19(12-25(16)23-22-15)7-8-24(11-19)18(27)21-14-5-3-4-6-14/h13-14H,3-12H2,1-2H3,(H,20,26)(H,21,27). The van der Waals surface area contributed by atoms with Crippen molar-refractivity contribution in [2.75, 3.05) is 13.1 Å². The second-order valence-corrected chi connectivity index (χ2v) is 8.59. The van der Waals surface area contributed by atoms with Gasteiger partial charge in [0.1, 0.15) is 11.3 Å². The van der Waals surface area contributed by atoms with Crippen molar-refractivity contribution < 1.29 is 14.3 Å². The minimum absolute atomic E-state index is 0.00495. The molecule has 2 fully saturated rings. The molecule has 9 nitrogen and oxygen atoms in total. The summed E-state index contributed by atoms with van der Waals surface area (Å²) < 4.78 is 8.10. The van der Waals surface area contributed by atoms with Crippen molar-refractivity contribution in [2.24, 2.45) is 5.92 Å². The van der Waals surface area contributed by atoms with E-state index < -0.39 is 5.60 Å². The van der Waals surface area contributed by atoms with Crippen LogP contribution in [0.15, 0.2) is 0 Å². The lowest BCUT2D eigenvalue weighted by Crippen LogP contribution is -2.48. The Morgan fingerprint density at radius 1 is 1.29 bits per heavy atom. The fourth-order valence-electron chi connectivity index (χ4n) is 4.31. The molecule has 1 aromatic heterocycles. The molecule has 3 amide bonds. The number of fused-ring (bicyclic) bond motifs is 1. The van der Waals surface area contributed by atoms with E-state index in [1.807, 2.05) is 23.4 Å². The van der Waals surface area contributed by atoms with Crippen LogP contribution in [0.2, 0.25) is 0 Å². The van der Waals surface area contributed by atoms with Crippen LogP contribution in [-0.4, -0.2) is 56.6 Å². The Kier molecular flexibility index (Phi) is 5.27. The number of hydrogen-bond donors (Lipinski definition) is 2. The molecule has 2 aliphatic heterocycles. The Hall–Kier alpha value is -2.16. The maximum absolute atomic E-state index is 12.6. The summed E-state index contributed by atoms with van der Waals surface area (Å²) in [6, 6.07) is 0.343. The molecular weight excluding hydrogens is 360 g/mol. The summed E-state index contributed by atoms with van der Waals surface area (Å²) in [6.07, 6.45) is 5.36. The van der Waals surface area contributed by atoms with E-state index >= 15 is 0 Å². The first-order valence-corrected chi connectivity index (χ1v) is 10.3. The molecule has 1 aliphatic carbocycles. The lowest BCUT2D eigenvalue weighted by molar-refractivity contribution is -0.124. The molecule has 1 saturated heterocycles. The smallest absolute Gasteiger partial charge is 0.317 e. The van der Waals surface area contributed by atoms with Gasteiger partial charge in [-0.15, -0.1) is 5.10 Å². The van der Waals surface area contributed by atoms with Gasteiger partial charge in [0.05, 0.1) is 31.9 Å². The number of amides is 3. The van der Waals surface area contributed by atoms with Gasteiger partial charge in [-0.3, -0.25) is 4.79 Å². The molecule has 1 saturated carbocycles. The molecule has 0 bridgehead atoms. The molecule has 3 heterocycles. The zero-order valence-corrected chi connectivity index (χ0v) is 16.7. The normalized spacial score (nSPS) is 24.8. The van der Waals surface area contributed by atoms with Crippen molar-refractivity contribution in [1.29, 1.82) is 0 Å². The average molecular weight is 390 g/mol. The van der Waals surface area contributed by atoms with E-state index in [1.165, 1.54) is 12.8 Å². The van der Waals surface area contributed by atoms with Crippen LogP contribution in [0.3, 0.4) is 0 Å².